The molecule has 2 amide bonds. The van der Waals surface area contributed by atoms with Gasteiger partial charge in [-0.25, -0.2) is 4.39 Å². The van der Waals surface area contributed by atoms with E-state index in [-0.39, 0.29) is 27.8 Å². The first-order chi connectivity index (χ1) is 16.2. The average molecular weight is 489 g/mol. The smallest absolute Gasteiger partial charge is 0.325 e. The molecule has 34 heavy (non-hydrogen) atoms. The molecule has 4 aromatic rings. The fourth-order valence-corrected chi connectivity index (χ4v) is 3.69. The molecule has 0 atom stereocenters. The second-order valence-electron chi connectivity index (χ2n) is 6.97. The number of pyridine rings is 1. The number of rotatable bonds is 6. The first-order valence-electron chi connectivity index (χ1n) is 9.71. The Bertz CT molecular complexity index is 1360. The zero-order valence-electron chi connectivity index (χ0n) is 17.1. The molecular weight excluding hydrogens is 474 g/mol. The predicted molar refractivity (Wildman–Crippen MR) is 118 cm³/mol. The highest BCUT2D eigenvalue weighted by Gasteiger charge is 2.31. The first kappa shape index (κ1) is 23.2. The summed E-state index contributed by atoms with van der Waals surface area (Å²) in [6.07, 6.45) is -3.67. The number of benzene rings is 2. The Balaban J connectivity index is 1.44. The van der Waals surface area contributed by atoms with Crippen molar-refractivity contribution in [1.82, 2.24) is 14.6 Å². The molecular formula is C22H15F4N5O2S. The molecule has 7 nitrogen and oxygen atoms in total. The number of fused-ring (bicyclic) bond motifs is 1. The molecule has 0 bridgehead atoms. The fourth-order valence-electron chi connectivity index (χ4n) is 2.97. The maximum atomic E-state index is 13.1. The maximum Gasteiger partial charge on any atom is 0.417 e. The van der Waals surface area contributed by atoms with E-state index in [0.717, 1.165) is 28.4 Å². The lowest BCUT2D eigenvalue weighted by atomic mass is 10.1. The molecule has 0 fully saturated rings. The lowest BCUT2D eigenvalue weighted by Crippen LogP contribution is -2.19. The van der Waals surface area contributed by atoms with Crippen LogP contribution in [0.4, 0.5) is 28.9 Å². The number of hydrogen-bond donors (Lipinski definition) is 2. The number of para-hydroxylation sites is 1. The van der Waals surface area contributed by atoms with Crippen LogP contribution in [0.5, 0.6) is 0 Å². The van der Waals surface area contributed by atoms with Gasteiger partial charge in [-0.3, -0.25) is 14.0 Å². The molecule has 0 aliphatic heterocycles. The molecule has 0 aliphatic carbocycles. The summed E-state index contributed by atoms with van der Waals surface area (Å²) in [5.74, 6) is -1.65. The second-order valence-corrected chi connectivity index (χ2v) is 7.91. The van der Waals surface area contributed by atoms with E-state index in [1.165, 1.54) is 42.5 Å². The minimum Gasteiger partial charge on any atom is -0.325 e. The monoisotopic (exact) mass is 489 g/mol. The molecule has 12 heteroatoms. The Morgan fingerprint density at radius 3 is 2.41 bits per heavy atom. The van der Waals surface area contributed by atoms with Crippen LogP contribution >= 0.6 is 11.8 Å². The Kier molecular flexibility index (Phi) is 6.50. The molecule has 2 aromatic carbocycles. The minimum absolute atomic E-state index is 0.110. The van der Waals surface area contributed by atoms with Crippen molar-refractivity contribution in [2.75, 3.05) is 16.4 Å². The summed E-state index contributed by atoms with van der Waals surface area (Å²) < 4.78 is 53.2. The minimum atomic E-state index is -4.53. The highest BCUT2D eigenvalue weighted by molar-refractivity contribution is 7.99. The van der Waals surface area contributed by atoms with Crippen molar-refractivity contribution in [2.45, 2.75) is 11.3 Å². The number of nitrogens with one attached hydrogen (secondary N) is 2. The quantitative estimate of drug-likeness (QED) is 0.298. The number of nitrogens with zero attached hydrogens (tertiary/aromatic N) is 3. The molecule has 0 saturated heterocycles. The lowest BCUT2D eigenvalue weighted by Gasteiger charge is -2.11. The van der Waals surface area contributed by atoms with Crippen molar-refractivity contribution in [1.29, 1.82) is 0 Å². The molecule has 4 rings (SSSR count). The lowest BCUT2D eigenvalue weighted by molar-refractivity contribution is -0.137. The van der Waals surface area contributed by atoms with Crippen LogP contribution in [0.1, 0.15) is 15.9 Å². The Morgan fingerprint density at radius 2 is 1.68 bits per heavy atom. The van der Waals surface area contributed by atoms with Gasteiger partial charge in [0.2, 0.25) is 5.91 Å². The largest absolute Gasteiger partial charge is 0.417 e. The van der Waals surface area contributed by atoms with E-state index in [0.29, 0.717) is 5.69 Å². The first-order valence-corrected chi connectivity index (χ1v) is 10.7. The van der Waals surface area contributed by atoms with E-state index >= 15 is 0 Å². The van der Waals surface area contributed by atoms with E-state index in [9.17, 15) is 27.2 Å². The molecule has 0 unspecified atom stereocenters. The normalized spacial score (nSPS) is 11.4. The van der Waals surface area contributed by atoms with Gasteiger partial charge < -0.3 is 10.6 Å². The third kappa shape index (κ3) is 5.34. The molecule has 174 valence electrons. The van der Waals surface area contributed by atoms with Crippen LogP contribution in [0.15, 0.2) is 72.0 Å². The van der Waals surface area contributed by atoms with Crippen molar-refractivity contribution in [3.63, 3.8) is 0 Å². The van der Waals surface area contributed by atoms with Gasteiger partial charge in [-0.15, -0.1) is 10.2 Å². The van der Waals surface area contributed by atoms with Crippen LogP contribution < -0.4 is 10.6 Å². The Hall–Kier alpha value is -3.93. The number of halogens is 4. The predicted octanol–water partition coefficient (Wildman–Crippen LogP) is 4.87. The Labute approximate surface area is 194 Å². The summed E-state index contributed by atoms with van der Waals surface area (Å²) in [6.45, 7) is 0. The van der Waals surface area contributed by atoms with Crippen molar-refractivity contribution >= 4 is 40.6 Å². The van der Waals surface area contributed by atoms with Crippen molar-refractivity contribution in [3.8, 4) is 0 Å². The van der Waals surface area contributed by atoms with Gasteiger partial charge in [0.25, 0.3) is 5.91 Å². The highest BCUT2D eigenvalue weighted by Crippen LogP contribution is 2.30. The van der Waals surface area contributed by atoms with E-state index in [1.54, 1.807) is 12.1 Å². The Morgan fingerprint density at radius 1 is 0.941 bits per heavy atom. The zero-order chi connectivity index (χ0) is 24.3. The number of carbonyl (C=O) groups excluding carboxylic acids is 2. The number of hydrogen-bond acceptors (Lipinski definition) is 5. The number of anilines is 2. The van der Waals surface area contributed by atoms with Crippen LogP contribution in [0.2, 0.25) is 0 Å². The van der Waals surface area contributed by atoms with Crippen LogP contribution in [-0.4, -0.2) is 32.2 Å². The summed E-state index contributed by atoms with van der Waals surface area (Å²) >= 11 is 0.895. The fraction of sp³-hybridized carbons (Fsp3) is 0.0909. The van der Waals surface area contributed by atoms with E-state index in [4.69, 9.17) is 0 Å². The van der Waals surface area contributed by atoms with Crippen molar-refractivity contribution in [2.24, 2.45) is 0 Å². The van der Waals surface area contributed by atoms with Gasteiger partial charge in [0.15, 0.2) is 10.8 Å². The highest BCUT2D eigenvalue weighted by atomic mass is 32.2. The van der Waals surface area contributed by atoms with Gasteiger partial charge in [-0.05, 0) is 48.5 Å². The van der Waals surface area contributed by atoms with Gasteiger partial charge >= 0.3 is 6.18 Å². The number of amides is 2. The number of carbonyl (C=O) groups is 2. The van der Waals surface area contributed by atoms with Crippen LogP contribution in [-0.2, 0) is 11.0 Å². The number of aromatic nitrogens is 3. The third-order valence-electron chi connectivity index (χ3n) is 4.58. The van der Waals surface area contributed by atoms with Gasteiger partial charge in [-0.1, -0.05) is 23.9 Å². The van der Waals surface area contributed by atoms with Gasteiger partial charge in [0.05, 0.1) is 22.6 Å². The molecule has 0 saturated carbocycles. The van der Waals surface area contributed by atoms with Crippen molar-refractivity contribution in [3.05, 3.63) is 83.8 Å². The SMILES string of the molecule is O=C(CSc1nnc2ccc(C(F)(F)F)cn12)Nc1ccccc1C(=O)Nc1ccc(F)cc1. The molecule has 0 aliphatic rings. The molecule has 2 heterocycles. The molecule has 0 spiro atoms. The van der Waals surface area contributed by atoms with Crippen LogP contribution in [0, 0.1) is 5.82 Å². The summed E-state index contributed by atoms with van der Waals surface area (Å²) in [4.78, 5) is 25.1. The summed E-state index contributed by atoms with van der Waals surface area (Å²) in [7, 11) is 0. The van der Waals surface area contributed by atoms with E-state index in [1.807, 2.05) is 0 Å². The maximum absolute atomic E-state index is 13.1. The standard InChI is InChI=1S/C22H15F4N5O2S/c23-14-6-8-15(9-7-14)27-20(33)16-3-1-2-4-17(16)28-19(32)12-34-21-30-29-18-10-5-13(11-31(18)21)22(24,25)26/h1-11H,12H2,(H,27,33)(H,28,32). The second kappa shape index (κ2) is 9.51. The van der Waals surface area contributed by atoms with Gasteiger partial charge in [0.1, 0.15) is 5.82 Å². The average Bonchev–Trinajstić information content (AvgIpc) is 3.21. The molecule has 2 N–H and O–H groups in total. The zero-order valence-corrected chi connectivity index (χ0v) is 18.0. The topological polar surface area (TPSA) is 88.4 Å². The molecule has 2 aromatic heterocycles. The molecule has 0 radical (unpaired) electrons. The number of alkyl halides is 3. The van der Waals surface area contributed by atoms with E-state index in [2.05, 4.69) is 20.8 Å². The summed E-state index contributed by atoms with van der Waals surface area (Å²) in [6, 6.07) is 13.6. The van der Waals surface area contributed by atoms with Gasteiger partial charge in [0, 0.05) is 11.9 Å². The van der Waals surface area contributed by atoms with Crippen molar-refractivity contribution < 1.29 is 27.2 Å². The van der Waals surface area contributed by atoms with Crippen LogP contribution in [0.25, 0.3) is 5.65 Å². The summed E-state index contributed by atoms with van der Waals surface area (Å²) in [5, 5.41) is 13.0. The summed E-state index contributed by atoms with van der Waals surface area (Å²) in [5.41, 5.74) is 0.122. The van der Waals surface area contributed by atoms with Gasteiger partial charge in [-0.2, -0.15) is 13.2 Å². The van der Waals surface area contributed by atoms with E-state index < -0.39 is 29.4 Å². The van der Waals surface area contributed by atoms with Crippen LogP contribution in [0.3, 0.4) is 0 Å². The third-order valence-corrected chi connectivity index (χ3v) is 5.52. The number of thioether (sulfide) groups is 1.